The van der Waals surface area contributed by atoms with E-state index in [9.17, 15) is 4.79 Å². The Labute approximate surface area is 151 Å². The highest BCUT2D eigenvalue weighted by molar-refractivity contribution is 5.87. The van der Waals surface area contributed by atoms with E-state index >= 15 is 0 Å². The van der Waals surface area contributed by atoms with Crippen LogP contribution in [-0.2, 0) is 13.6 Å². The average Bonchev–Trinajstić information content (AvgIpc) is 2.94. The Morgan fingerprint density at radius 3 is 2.54 bits per heavy atom. The van der Waals surface area contributed by atoms with Crippen molar-refractivity contribution in [3.05, 3.63) is 58.1 Å². The topological polar surface area (TPSA) is 66.8 Å². The fraction of sp³-hybridized carbons (Fsp3) is 0.350. The molecule has 1 aliphatic rings. The average molecular weight is 347 g/mol. The van der Waals surface area contributed by atoms with Crippen molar-refractivity contribution in [1.29, 1.82) is 5.26 Å². The van der Waals surface area contributed by atoms with Gasteiger partial charge in [0.05, 0.1) is 23.9 Å². The molecule has 26 heavy (non-hydrogen) atoms. The van der Waals surface area contributed by atoms with E-state index in [0.717, 1.165) is 29.9 Å². The Bertz CT molecular complexity index is 1030. The van der Waals surface area contributed by atoms with Gasteiger partial charge in [-0.3, -0.25) is 9.13 Å². The molecule has 1 aliphatic heterocycles. The van der Waals surface area contributed by atoms with E-state index in [4.69, 9.17) is 5.26 Å². The summed E-state index contributed by atoms with van der Waals surface area (Å²) in [6, 6.07) is 11.5. The molecule has 6 nitrogen and oxygen atoms in total. The lowest BCUT2D eigenvalue weighted by atomic mass is 10.1. The van der Waals surface area contributed by atoms with Crippen LogP contribution in [-0.4, -0.2) is 27.2 Å². The fourth-order valence-electron chi connectivity index (χ4n) is 3.71. The number of benzene rings is 1. The van der Waals surface area contributed by atoms with Crippen molar-refractivity contribution in [3.63, 3.8) is 0 Å². The summed E-state index contributed by atoms with van der Waals surface area (Å²) < 4.78 is 3.42. The van der Waals surface area contributed by atoms with Gasteiger partial charge in [0.15, 0.2) is 5.65 Å². The molecule has 0 atom stereocenters. The zero-order valence-electron chi connectivity index (χ0n) is 14.9. The third kappa shape index (κ3) is 2.76. The van der Waals surface area contributed by atoms with Gasteiger partial charge in [0, 0.05) is 26.3 Å². The highest BCUT2D eigenvalue weighted by Gasteiger charge is 2.20. The molecule has 0 aliphatic carbocycles. The Morgan fingerprint density at radius 2 is 1.85 bits per heavy atom. The third-order valence-corrected chi connectivity index (χ3v) is 5.11. The molecule has 6 heteroatoms. The van der Waals surface area contributed by atoms with Crippen molar-refractivity contribution in [2.75, 3.05) is 18.0 Å². The number of nitriles is 1. The van der Waals surface area contributed by atoms with E-state index in [0.29, 0.717) is 17.8 Å². The first-order valence-electron chi connectivity index (χ1n) is 8.97. The van der Waals surface area contributed by atoms with Gasteiger partial charge in [-0.2, -0.15) is 5.26 Å². The number of nitrogens with zero attached hydrogens (tertiary/aromatic N) is 5. The Morgan fingerprint density at radius 1 is 1.12 bits per heavy atom. The standard InChI is InChI=1S/C20H21N5O/c1-23-19-18(17(9-10-22-19)24-11-3-2-4-12-24)25(20(23)26)14-16-7-5-15(13-21)6-8-16/h5-10H,2-4,11-12,14H2,1H3. The summed E-state index contributed by atoms with van der Waals surface area (Å²) in [6.07, 6.45) is 5.41. The maximum atomic E-state index is 12.9. The van der Waals surface area contributed by atoms with E-state index in [2.05, 4.69) is 16.0 Å². The first kappa shape index (κ1) is 16.4. The molecule has 1 fully saturated rings. The number of fused-ring (bicyclic) bond motifs is 1. The number of hydrogen-bond acceptors (Lipinski definition) is 4. The van der Waals surface area contributed by atoms with Gasteiger partial charge in [0.1, 0.15) is 5.52 Å². The molecule has 0 spiro atoms. The molecule has 0 unspecified atom stereocenters. The largest absolute Gasteiger partial charge is 0.370 e. The minimum absolute atomic E-state index is 0.0682. The quantitative estimate of drug-likeness (QED) is 0.730. The summed E-state index contributed by atoms with van der Waals surface area (Å²) >= 11 is 0. The fourth-order valence-corrected chi connectivity index (χ4v) is 3.71. The normalized spacial score (nSPS) is 14.5. The zero-order chi connectivity index (χ0) is 18.1. The monoisotopic (exact) mass is 347 g/mol. The summed E-state index contributed by atoms with van der Waals surface area (Å²) in [5.41, 5.74) is 4.24. The molecule has 4 rings (SSSR count). The smallest absolute Gasteiger partial charge is 0.330 e. The molecule has 1 aromatic carbocycles. The van der Waals surface area contributed by atoms with Crippen LogP contribution in [0.1, 0.15) is 30.4 Å². The molecular weight excluding hydrogens is 326 g/mol. The predicted octanol–water partition coefficient (Wildman–Crippen LogP) is 2.65. The second-order valence-electron chi connectivity index (χ2n) is 6.79. The van der Waals surface area contributed by atoms with E-state index in [1.54, 1.807) is 34.5 Å². The number of imidazole rings is 1. The Balaban J connectivity index is 1.83. The number of anilines is 1. The lowest BCUT2D eigenvalue weighted by molar-refractivity contribution is 0.578. The van der Waals surface area contributed by atoms with Crippen LogP contribution < -0.4 is 10.6 Å². The number of rotatable bonds is 3. The summed E-state index contributed by atoms with van der Waals surface area (Å²) in [7, 11) is 1.77. The summed E-state index contributed by atoms with van der Waals surface area (Å²) in [6.45, 7) is 2.49. The van der Waals surface area contributed by atoms with Crippen molar-refractivity contribution < 1.29 is 0 Å². The molecule has 0 N–H and O–H groups in total. The van der Waals surface area contributed by atoms with Crippen LogP contribution in [0.4, 0.5) is 5.69 Å². The molecule has 2 aromatic heterocycles. The van der Waals surface area contributed by atoms with Crippen LogP contribution in [0, 0.1) is 11.3 Å². The second kappa shape index (κ2) is 6.68. The SMILES string of the molecule is Cn1c(=O)n(Cc2ccc(C#N)cc2)c2c(N3CCCCC3)ccnc21. The minimum Gasteiger partial charge on any atom is -0.370 e. The molecule has 3 aromatic rings. The van der Waals surface area contributed by atoms with Gasteiger partial charge in [0.25, 0.3) is 0 Å². The first-order chi connectivity index (χ1) is 12.7. The van der Waals surface area contributed by atoms with Crippen molar-refractivity contribution in [2.45, 2.75) is 25.8 Å². The Kier molecular flexibility index (Phi) is 4.21. The molecule has 3 heterocycles. The van der Waals surface area contributed by atoms with E-state index in [-0.39, 0.29) is 5.69 Å². The molecule has 0 saturated carbocycles. The minimum atomic E-state index is -0.0682. The van der Waals surface area contributed by atoms with Gasteiger partial charge >= 0.3 is 5.69 Å². The molecule has 1 saturated heterocycles. The highest BCUT2D eigenvalue weighted by Crippen LogP contribution is 2.27. The van der Waals surface area contributed by atoms with Crippen LogP contribution in [0.25, 0.3) is 11.2 Å². The second-order valence-corrected chi connectivity index (χ2v) is 6.79. The number of aromatic nitrogens is 3. The number of hydrogen-bond donors (Lipinski definition) is 0. The van der Waals surface area contributed by atoms with E-state index in [1.807, 2.05) is 18.2 Å². The summed E-state index contributed by atoms with van der Waals surface area (Å²) in [4.78, 5) is 19.7. The van der Waals surface area contributed by atoms with E-state index < -0.39 is 0 Å². The van der Waals surface area contributed by atoms with Gasteiger partial charge in [-0.15, -0.1) is 0 Å². The number of piperidine rings is 1. The number of pyridine rings is 1. The lowest BCUT2D eigenvalue weighted by Crippen LogP contribution is -2.30. The van der Waals surface area contributed by atoms with Crippen LogP contribution in [0.5, 0.6) is 0 Å². The zero-order valence-corrected chi connectivity index (χ0v) is 14.9. The molecule has 0 bridgehead atoms. The lowest BCUT2D eigenvalue weighted by Gasteiger charge is -2.29. The van der Waals surface area contributed by atoms with Crippen LogP contribution in [0.15, 0.2) is 41.3 Å². The maximum Gasteiger partial charge on any atom is 0.330 e. The van der Waals surface area contributed by atoms with Gasteiger partial charge in [-0.1, -0.05) is 12.1 Å². The molecule has 0 amide bonds. The summed E-state index contributed by atoms with van der Waals surface area (Å²) in [5, 5.41) is 8.97. The van der Waals surface area contributed by atoms with Gasteiger partial charge in [-0.05, 0) is 43.0 Å². The van der Waals surface area contributed by atoms with Gasteiger partial charge < -0.3 is 4.90 Å². The van der Waals surface area contributed by atoms with Gasteiger partial charge in [0.2, 0.25) is 0 Å². The van der Waals surface area contributed by atoms with E-state index in [1.165, 1.54) is 19.3 Å². The first-order valence-corrected chi connectivity index (χ1v) is 8.97. The van der Waals surface area contributed by atoms with Crippen molar-refractivity contribution in [1.82, 2.24) is 14.1 Å². The van der Waals surface area contributed by atoms with Crippen LogP contribution in [0.2, 0.25) is 0 Å². The summed E-state index contributed by atoms with van der Waals surface area (Å²) in [5.74, 6) is 0. The van der Waals surface area contributed by atoms with Crippen molar-refractivity contribution in [3.8, 4) is 6.07 Å². The highest BCUT2D eigenvalue weighted by atomic mass is 16.1. The van der Waals surface area contributed by atoms with Crippen LogP contribution >= 0.6 is 0 Å². The van der Waals surface area contributed by atoms with Gasteiger partial charge in [-0.25, -0.2) is 9.78 Å². The van der Waals surface area contributed by atoms with Crippen molar-refractivity contribution >= 4 is 16.9 Å². The molecule has 0 radical (unpaired) electrons. The maximum absolute atomic E-state index is 12.9. The third-order valence-electron chi connectivity index (χ3n) is 5.11. The Hall–Kier alpha value is -3.07. The predicted molar refractivity (Wildman–Crippen MR) is 101 cm³/mol. The van der Waals surface area contributed by atoms with Crippen molar-refractivity contribution in [2.24, 2.45) is 7.05 Å². The number of aryl methyl sites for hydroxylation is 1. The van der Waals surface area contributed by atoms with Crippen LogP contribution in [0.3, 0.4) is 0 Å². The molecular formula is C20H21N5O. The molecule has 132 valence electrons.